The number of carbonyl (C=O) groups excluding carboxylic acids is 1. The molecule has 3 rings (SSSR count). The number of methoxy groups -OCH3 is 3. The van der Waals surface area contributed by atoms with Gasteiger partial charge >= 0.3 is 0 Å². The summed E-state index contributed by atoms with van der Waals surface area (Å²) in [5.74, 6) is 1.39. The van der Waals surface area contributed by atoms with Crippen molar-refractivity contribution in [2.45, 2.75) is 18.9 Å². The lowest BCUT2D eigenvalue weighted by Gasteiger charge is -2.41. The average Bonchev–Trinajstić information content (AvgIpc) is 2.72. The number of amides is 1. The average molecular weight is 364 g/mol. The molecule has 2 saturated heterocycles. The van der Waals surface area contributed by atoms with E-state index in [1.807, 2.05) is 4.90 Å². The molecule has 0 saturated carbocycles. The highest BCUT2D eigenvalue weighted by Gasteiger charge is 2.31. The molecule has 1 atom stereocenters. The van der Waals surface area contributed by atoms with Crippen LogP contribution in [0.1, 0.15) is 23.2 Å². The first-order valence-electron chi connectivity index (χ1n) is 9.09. The van der Waals surface area contributed by atoms with Crippen LogP contribution in [0.15, 0.2) is 12.1 Å². The van der Waals surface area contributed by atoms with E-state index in [-0.39, 0.29) is 5.91 Å². The number of benzene rings is 1. The molecule has 2 aliphatic heterocycles. The van der Waals surface area contributed by atoms with Gasteiger partial charge in [-0.2, -0.15) is 0 Å². The second-order valence-electron chi connectivity index (χ2n) is 6.58. The molecule has 0 aromatic heterocycles. The van der Waals surface area contributed by atoms with Crippen LogP contribution in [0.5, 0.6) is 17.2 Å². The van der Waals surface area contributed by atoms with Crippen LogP contribution >= 0.6 is 0 Å². The van der Waals surface area contributed by atoms with Crippen molar-refractivity contribution < 1.29 is 23.7 Å². The summed E-state index contributed by atoms with van der Waals surface area (Å²) in [5, 5.41) is 0. The molecule has 1 aromatic rings. The first-order valence-corrected chi connectivity index (χ1v) is 9.09. The maximum Gasteiger partial charge on any atom is 0.257 e. The van der Waals surface area contributed by atoms with Crippen molar-refractivity contribution >= 4 is 5.91 Å². The lowest BCUT2D eigenvalue weighted by molar-refractivity contribution is -0.00125. The third kappa shape index (κ3) is 3.73. The van der Waals surface area contributed by atoms with E-state index in [0.29, 0.717) is 28.9 Å². The molecule has 1 aromatic carbocycles. The van der Waals surface area contributed by atoms with Crippen LogP contribution in [0, 0.1) is 0 Å². The number of hydrogen-bond acceptors (Lipinski definition) is 6. The van der Waals surface area contributed by atoms with Crippen molar-refractivity contribution in [3.8, 4) is 17.2 Å². The quantitative estimate of drug-likeness (QED) is 0.792. The van der Waals surface area contributed by atoms with Gasteiger partial charge in [0.2, 0.25) is 5.75 Å². The van der Waals surface area contributed by atoms with Crippen molar-refractivity contribution in [3.63, 3.8) is 0 Å². The second kappa shape index (κ2) is 8.60. The molecule has 7 heteroatoms. The Bertz CT molecular complexity index is 631. The predicted molar refractivity (Wildman–Crippen MR) is 97.4 cm³/mol. The Kier molecular flexibility index (Phi) is 6.21. The van der Waals surface area contributed by atoms with Crippen LogP contribution < -0.4 is 14.2 Å². The molecule has 1 amide bonds. The molecule has 0 N–H and O–H groups in total. The fourth-order valence-corrected chi connectivity index (χ4v) is 3.82. The fraction of sp³-hybridized carbons (Fsp3) is 0.632. The summed E-state index contributed by atoms with van der Waals surface area (Å²) in [6, 6.07) is 3.89. The smallest absolute Gasteiger partial charge is 0.257 e. The molecule has 0 spiro atoms. The van der Waals surface area contributed by atoms with E-state index < -0.39 is 0 Å². The largest absolute Gasteiger partial charge is 0.493 e. The molecule has 26 heavy (non-hydrogen) atoms. The van der Waals surface area contributed by atoms with Crippen LogP contribution in [-0.4, -0.2) is 82.5 Å². The van der Waals surface area contributed by atoms with E-state index in [4.69, 9.17) is 18.9 Å². The lowest BCUT2D eigenvalue weighted by atomic mass is 10.0. The number of nitrogens with zero attached hydrogens (tertiary/aromatic N) is 2. The zero-order valence-corrected chi connectivity index (χ0v) is 15.8. The van der Waals surface area contributed by atoms with Crippen LogP contribution in [0.4, 0.5) is 0 Å². The van der Waals surface area contributed by atoms with E-state index in [2.05, 4.69) is 4.90 Å². The first-order chi connectivity index (χ1) is 12.7. The monoisotopic (exact) mass is 364 g/mol. The Hall–Kier alpha value is -1.99. The van der Waals surface area contributed by atoms with Gasteiger partial charge in [-0.25, -0.2) is 0 Å². The maximum absolute atomic E-state index is 13.2. The Morgan fingerprint density at radius 2 is 1.77 bits per heavy atom. The summed E-state index contributed by atoms with van der Waals surface area (Å²) in [5.41, 5.74) is 0.507. The third-order valence-electron chi connectivity index (χ3n) is 5.18. The predicted octanol–water partition coefficient (Wildman–Crippen LogP) is 1.65. The minimum atomic E-state index is -0.0271. The standard InChI is InChI=1S/C19H28N2O5/c1-23-16-7-6-15(17(24-2)18(16)25-3)19(22)21-8-4-5-14(13-21)20-9-11-26-12-10-20/h6-7,14H,4-5,8-13H2,1-3H3/t14-/m1/s1. The molecule has 0 bridgehead atoms. The highest BCUT2D eigenvalue weighted by Crippen LogP contribution is 2.40. The van der Waals surface area contributed by atoms with E-state index in [0.717, 1.165) is 52.2 Å². The number of ether oxygens (including phenoxy) is 4. The highest BCUT2D eigenvalue weighted by molar-refractivity contribution is 5.98. The first kappa shape index (κ1) is 18.8. The molecule has 144 valence electrons. The van der Waals surface area contributed by atoms with Crippen LogP contribution in [0.25, 0.3) is 0 Å². The Balaban J connectivity index is 1.80. The van der Waals surface area contributed by atoms with E-state index >= 15 is 0 Å². The van der Waals surface area contributed by atoms with Crippen LogP contribution in [-0.2, 0) is 4.74 Å². The van der Waals surface area contributed by atoms with Gasteiger partial charge < -0.3 is 23.8 Å². The Morgan fingerprint density at radius 1 is 1.04 bits per heavy atom. The minimum absolute atomic E-state index is 0.0271. The summed E-state index contributed by atoms with van der Waals surface area (Å²) < 4.78 is 21.6. The van der Waals surface area contributed by atoms with Crippen molar-refractivity contribution in [1.82, 2.24) is 9.80 Å². The lowest BCUT2D eigenvalue weighted by Crippen LogP contribution is -2.52. The topological polar surface area (TPSA) is 60.5 Å². The van der Waals surface area contributed by atoms with Gasteiger partial charge in [0, 0.05) is 32.2 Å². The Labute approximate surface area is 154 Å². The number of piperidine rings is 1. The van der Waals surface area contributed by atoms with Crippen LogP contribution in [0.3, 0.4) is 0 Å². The molecule has 0 radical (unpaired) electrons. The molecular weight excluding hydrogens is 336 g/mol. The molecule has 2 aliphatic rings. The van der Waals surface area contributed by atoms with Gasteiger partial charge in [-0.05, 0) is 25.0 Å². The number of rotatable bonds is 5. The van der Waals surface area contributed by atoms with E-state index in [1.54, 1.807) is 33.5 Å². The van der Waals surface area contributed by atoms with Crippen molar-refractivity contribution in [3.05, 3.63) is 17.7 Å². The summed E-state index contributed by atoms with van der Waals surface area (Å²) in [4.78, 5) is 17.5. The van der Waals surface area contributed by atoms with Gasteiger partial charge in [-0.3, -0.25) is 9.69 Å². The molecule has 2 heterocycles. The van der Waals surface area contributed by atoms with Gasteiger partial charge in [0.25, 0.3) is 5.91 Å². The second-order valence-corrected chi connectivity index (χ2v) is 6.58. The zero-order valence-electron chi connectivity index (χ0n) is 15.8. The normalized spacial score (nSPS) is 21.3. The van der Waals surface area contributed by atoms with Gasteiger partial charge in [0.15, 0.2) is 11.5 Å². The van der Waals surface area contributed by atoms with Crippen molar-refractivity contribution in [1.29, 1.82) is 0 Å². The molecule has 0 unspecified atom stereocenters. The summed E-state index contributed by atoms with van der Waals surface area (Å²) in [7, 11) is 4.65. The van der Waals surface area contributed by atoms with E-state index in [9.17, 15) is 4.79 Å². The molecular formula is C19H28N2O5. The summed E-state index contributed by atoms with van der Waals surface area (Å²) in [6.07, 6.45) is 2.12. The van der Waals surface area contributed by atoms with Gasteiger partial charge in [0.05, 0.1) is 40.1 Å². The van der Waals surface area contributed by atoms with Gasteiger partial charge in [0.1, 0.15) is 0 Å². The highest BCUT2D eigenvalue weighted by atomic mass is 16.5. The number of hydrogen-bond donors (Lipinski definition) is 0. The minimum Gasteiger partial charge on any atom is -0.493 e. The molecule has 7 nitrogen and oxygen atoms in total. The molecule has 0 aliphatic carbocycles. The third-order valence-corrected chi connectivity index (χ3v) is 5.18. The molecule has 2 fully saturated rings. The summed E-state index contributed by atoms with van der Waals surface area (Å²) in [6.45, 7) is 4.91. The summed E-state index contributed by atoms with van der Waals surface area (Å²) >= 11 is 0. The van der Waals surface area contributed by atoms with Crippen molar-refractivity contribution in [2.24, 2.45) is 0 Å². The van der Waals surface area contributed by atoms with E-state index in [1.165, 1.54) is 0 Å². The number of likely N-dealkylation sites (tertiary alicyclic amines) is 1. The zero-order chi connectivity index (χ0) is 18.5. The van der Waals surface area contributed by atoms with Gasteiger partial charge in [-0.1, -0.05) is 0 Å². The maximum atomic E-state index is 13.2. The number of morpholine rings is 1. The van der Waals surface area contributed by atoms with Crippen LogP contribution in [0.2, 0.25) is 0 Å². The van der Waals surface area contributed by atoms with Gasteiger partial charge in [-0.15, -0.1) is 0 Å². The van der Waals surface area contributed by atoms with Crippen molar-refractivity contribution in [2.75, 3.05) is 60.7 Å². The fourth-order valence-electron chi connectivity index (χ4n) is 3.82. The number of carbonyl (C=O) groups is 1. The SMILES string of the molecule is COc1ccc(C(=O)N2CCC[C@@H](N3CCOCC3)C2)c(OC)c1OC. The Morgan fingerprint density at radius 3 is 2.42 bits per heavy atom.